The second-order valence-electron chi connectivity index (χ2n) is 4.85. The highest BCUT2D eigenvalue weighted by molar-refractivity contribution is 9.10. The molecule has 1 unspecified atom stereocenters. The lowest BCUT2D eigenvalue weighted by Gasteiger charge is -2.16. The highest BCUT2D eigenvalue weighted by atomic mass is 79.9. The van der Waals surface area contributed by atoms with Crippen molar-refractivity contribution < 1.29 is 9.13 Å². The van der Waals surface area contributed by atoms with Crippen LogP contribution in [0.15, 0.2) is 46.9 Å². The van der Waals surface area contributed by atoms with E-state index in [1.165, 1.54) is 6.07 Å². The Morgan fingerprint density at radius 1 is 1.24 bits per heavy atom. The summed E-state index contributed by atoms with van der Waals surface area (Å²) >= 11 is 3.38. The van der Waals surface area contributed by atoms with Gasteiger partial charge in [0.05, 0.1) is 6.61 Å². The predicted molar refractivity (Wildman–Crippen MR) is 87.0 cm³/mol. The van der Waals surface area contributed by atoms with Crippen LogP contribution in [-0.2, 0) is 6.54 Å². The van der Waals surface area contributed by atoms with E-state index in [4.69, 9.17) is 4.74 Å². The van der Waals surface area contributed by atoms with Crippen LogP contribution in [0, 0.1) is 5.82 Å². The zero-order chi connectivity index (χ0) is 15.2. The summed E-state index contributed by atoms with van der Waals surface area (Å²) < 4.78 is 20.2. The Hall–Kier alpha value is -1.39. The van der Waals surface area contributed by atoms with E-state index in [2.05, 4.69) is 21.2 Å². The Kier molecular flexibility index (Phi) is 5.76. The molecule has 0 heterocycles. The average Bonchev–Trinajstić information content (AvgIpc) is 2.48. The monoisotopic (exact) mass is 351 g/mol. The molecule has 0 aliphatic carbocycles. The molecule has 0 aromatic heterocycles. The molecule has 0 aliphatic rings. The quantitative estimate of drug-likeness (QED) is 0.803. The molecule has 0 aliphatic heterocycles. The fourth-order valence-corrected chi connectivity index (χ4v) is 2.52. The Morgan fingerprint density at radius 3 is 2.81 bits per heavy atom. The highest BCUT2D eigenvalue weighted by Crippen LogP contribution is 2.22. The molecule has 2 nitrogen and oxygen atoms in total. The zero-order valence-corrected chi connectivity index (χ0v) is 13.8. The molecule has 0 fully saturated rings. The second kappa shape index (κ2) is 7.57. The third-order valence-electron chi connectivity index (χ3n) is 3.25. The van der Waals surface area contributed by atoms with Crippen LogP contribution in [0.25, 0.3) is 0 Å². The van der Waals surface area contributed by atoms with Crippen LogP contribution in [0.5, 0.6) is 5.75 Å². The number of nitrogens with one attached hydrogen (secondary N) is 1. The minimum atomic E-state index is -0.193. The molecule has 1 atom stereocenters. The van der Waals surface area contributed by atoms with Gasteiger partial charge in [-0.05, 0) is 49.7 Å². The van der Waals surface area contributed by atoms with Gasteiger partial charge in [-0.3, -0.25) is 0 Å². The Balaban J connectivity index is 2.02. The number of benzene rings is 2. The summed E-state index contributed by atoms with van der Waals surface area (Å²) in [4.78, 5) is 0. The summed E-state index contributed by atoms with van der Waals surface area (Å²) in [6.45, 7) is 5.23. The van der Waals surface area contributed by atoms with Crippen LogP contribution in [0.4, 0.5) is 4.39 Å². The van der Waals surface area contributed by atoms with Crippen molar-refractivity contribution in [1.29, 1.82) is 0 Å². The summed E-state index contributed by atoms with van der Waals surface area (Å²) in [7, 11) is 0. The van der Waals surface area contributed by atoms with Gasteiger partial charge in [-0.1, -0.05) is 28.1 Å². The number of hydrogen-bond donors (Lipinski definition) is 1. The van der Waals surface area contributed by atoms with Gasteiger partial charge >= 0.3 is 0 Å². The molecular formula is C17H19BrFNO. The maximum absolute atomic E-state index is 13.8. The number of rotatable bonds is 6. The molecular weight excluding hydrogens is 333 g/mol. The molecule has 2 aromatic carbocycles. The number of halogens is 2. The Bertz CT molecular complexity index is 603. The van der Waals surface area contributed by atoms with E-state index in [1.807, 2.05) is 44.2 Å². The van der Waals surface area contributed by atoms with Gasteiger partial charge in [0.15, 0.2) is 0 Å². The van der Waals surface area contributed by atoms with E-state index in [1.54, 1.807) is 6.07 Å². The summed E-state index contributed by atoms with van der Waals surface area (Å²) in [6, 6.07) is 12.9. The summed E-state index contributed by atoms with van der Waals surface area (Å²) in [5, 5.41) is 3.34. The first-order valence-electron chi connectivity index (χ1n) is 7.00. The maximum Gasteiger partial charge on any atom is 0.128 e. The predicted octanol–water partition coefficient (Wildman–Crippen LogP) is 4.84. The summed E-state index contributed by atoms with van der Waals surface area (Å²) in [5.74, 6) is 0.666. The van der Waals surface area contributed by atoms with Gasteiger partial charge < -0.3 is 10.1 Å². The number of ether oxygens (including phenoxy) is 1. The average molecular weight is 352 g/mol. The summed E-state index contributed by atoms with van der Waals surface area (Å²) in [5.41, 5.74) is 1.77. The van der Waals surface area contributed by atoms with Crippen LogP contribution in [0.3, 0.4) is 0 Å². The normalized spacial score (nSPS) is 12.2. The van der Waals surface area contributed by atoms with E-state index in [-0.39, 0.29) is 11.9 Å². The Morgan fingerprint density at radius 2 is 2.05 bits per heavy atom. The largest absolute Gasteiger partial charge is 0.494 e. The lowest BCUT2D eigenvalue weighted by Crippen LogP contribution is -2.19. The first kappa shape index (κ1) is 16.0. The van der Waals surface area contributed by atoms with Crippen molar-refractivity contribution in [2.45, 2.75) is 26.4 Å². The van der Waals surface area contributed by atoms with Gasteiger partial charge in [-0.2, -0.15) is 0 Å². The maximum atomic E-state index is 13.8. The SMILES string of the molecule is CCOc1cccc(CNC(C)c2cc(Br)ccc2F)c1. The second-order valence-corrected chi connectivity index (χ2v) is 5.76. The van der Waals surface area contributed by atoms with Crippen LogP contribution >= 0.6 is 15.9 Å². The van der Waals surface area contributed by atoms with Crippen molar-refractivity contribution in [3.05, 3.63) is 63.9 Å². The third-order valence-corrected chi connectivity index (χ3v) is 3.74. The molecule has 112 valence electrons. The molecule has 4 heteroatoms. The summed E-state index contributed by atoms with van der Waals surface area (Å²) in [6.07, 6.45) is 0. The Labute approximate surface area is 133 Å². The molecule has 21 heavy (non-hydrogen) atoms. The molecule has 1 N–H and O–H groups in total. The number of hydrogen-bond acceptors (Lipinski definition) is 2. The minimum absolute atomic E-state index is 0.0711. The van der Waals surface area contributed by atoms with Crippen molar-refractivity contribution >= 4 is 15.9 Å². The van der Waals surface area contributed by atoms with E-state index < -0.39 is 0 Å². The standard InChI is InChI=1S/C17H19BrFNO/c1-3-21-15-6-4-5-13(9-15)11-20-12(2)16-10-14(18)7-8-17(16)19/h4-10,12,20H,3,11H2,1-2H3. The molecule has 2 rings (SSSR count). The zero-order valence-electron chi connectivity index (χ0n) is 12.2. The van der Waals surface area contributed by atoms with Gasteiger partial charge in [0, 0.05) is 22.6 Å². The van der Waals surface area contributed by atoms with E-state index in [0.29, 0.717) is 18.7 Å². The van der Waals surface area contributed by atoms with E-state index in [0.717, 1.165) is 15.8 Å². The molecule has 0 radical (unpaired) electrons. The minimum Gasteiger partial charge on any atom is -0.494 e. The van der Waals surface area contributed by atoms with Crippen molar-refractivity contribution in [3.8, 4) is 5.75 Å². The molecule has 0 saturated heterocycles. The van der Waals surface area contributed by atoms with Gasteiger partial charge in [-0.15, -0.1) is 0 Å². The smallest absolute Gasteiger partial charge is 0.128 e. The lowest BCUT2D eigenvalue weighted by atomic mass is 10.1. The van der Waals surface area contributed by atoms with Crippen LogP contribution < -0.4 is 10.1 Å². The van der Waals surface area contributed by atoms with Gasteiger partial charge in [0.25, 0.3) is 0 Å². The molecule has 0 bridgehead atoms. The fourth-order valence-electron chi connectivity index (χ4n) is 2.14. The van der Waals surface area contributed by atoms with Crippen LogP contribution in [0.1, 0.15) is 31.0 Å². The highest BCUT2D eigenvalue weighted by Gasteiger charge is 2.11. The van der Waals surface area contributed by atoms with E-state index in [9.17, 15) is 4.39 Å². The van der Waals surface area contributed by atoms with Crippen molar-refractivity contribution in [2.75, 3.05) is 6.61 Å². The van der Waals surface area contributed by atoms with Gasteiger partial charge in [-0.25, -0.2) is 4.39 Å². The van der Waals surface area contributed by atoms with Crippen LogP contribution in [-0.4, -0.2) is 6.61 Å². The topological polar surface area (TPSA) is 21.3 Å². The molecule has 2 aromatic rings. The van der Waals surface area contributed by atoms with Gasteiger partial charge in [0.2, 0.25) is 0 Å². The first-order valence-corrected chi connectivity index (χ1v) is 7.79. The molecule has 0 spiro atoms. The third kappa shape index (κ3) is 4.55. The first-order chi connectivity index (χ1) is 10.1. The fraction of sp³-hybridized carbons (Fsp3) is 0.294. The van der Waals surface area contributed by atoms with Crippen molar-refractivity contribution in [2.24, 2.45) is 0 Å². The van der Waals surface area contributed by atoms with E-state index >= 15 is 0 Å². The van der Waals surface area contributed by atoms with Crippen LogP contribution in [0.2, 0.25) is 0 Å². The van der Waals surface area contributed by atoms with Crippen molar-refractivity contribution in [1.82, 2.24) is 5.32 Å². The van der Waals surface area contributed by atoms with Crippen molar-refractivity contribution in [3.63, 3.8) is 0 Å². The van der Waals surface area contributed by atoms with Gasteiger partial charge in [0.1, 0.15) is 11.6 Å². The molecule has 0 amide bonds. The lowest BCUT2D eigenvalue weighted by molar-refractivity contribution is 0.339. The molecule has 0 saturated carbocycles.